The molecule has 0 aliphatic rings. The average Bonchev–Trinajstić information content (AvgIpc) is 2.94. The van der Waals surface area contributed by atoms with Gasteiger partial charge in [0.05, 0.1) is 11.9 Å². The summed E-state index contributed by atoms with van der Waals surface area (Å²) < 4.78 is 40.3. The van der Waals surface area contributed by atoms with Crippen LogP contribution in [0.25, 0.3) is 5.65 Å². The topological polar surface area (TPSA) is 77.1 Å². The van der Waals surface area contributed by atoms with E-state index in [1.807, 2.05) is 0 Å². The number of halogens is 3. The first-order valence-corrected chi connectivity index (χ1v) is 7.02. The van der Waals surface area contributed by atoms with Crippen LogP contribution < -0.4 is 10.9 Å². The second-order valence-corrected chi connectivity index (χ2v) is 5.13. The van der Waals surface area contributed by atoms with E-state index in [1.54, 1.807) is 23.8 Å². The van der Waals surface area contributed by atoms with Crippen molar-refractivity contribution in [2.24, 2.45) is 7.05 Å². The molecule has 126 valence electrons. The molecule has 0 atom stereocenters. The molecule has 24 heavy (non-hydrogen) atoms. The summed E-state index contributed by atoms with van der Waals surface area (Å²) in [6.45, 7) is 0.406. The van der Waals surface area contributed by atoms with Crippen LogP contribution in [-0.4, -0.2) is 30.7 Å². The lowest BCUT2D eigenvalue weighted by Gasteiger charge is -2.08. The first-order chi connectivity index (χ1) is 11.4. The second-order valence-electron chi connectivity index (χ2n) is 5.13. The molecule has 0 aliphatic carbocycles. The predicted molar refractivity (Wildman–Crippen MR) is 79.7 cm³/mol. The van der Waals surface area contributed by atoms with Crippen molar-refractivity contribution in [1.29, 1.82) is 0 Å². The lowest BCUT2D eigenvalue weighted by molar-refractivity contribution is -0.141. The Labute approximate surface area is 133 Å². The molecule has 0 spiro atoms. The SMILES string of the molecule is Cn1ccn2c(CCNc3ccc(C(F)(F)F)nc3)nnc2c1=O. The molecule has 0 radical (unpaired) electrons. The Morgan fingerprint density at radius 2 is 2.00 bits per heavy atom. The molecule has 0 aromatic carbocycles. The molecule has 3 rings (SSSR count). The zero-order chi connectivity index (χ0) is 17.3. The van der Waals surface area contributed by atoms with E-state index in [-0.39, 0.29) is 11.2 Å². The van der Waals surface area contributed by atoms with Crippen LogP contribution in [0.15, 0.2) is 35.5 Å². The average molecular weight is 338 g/mol. The number of aromatic nitrogens is 5. The normalized spacial score (nSPS) is 11.8. The summed E-state index contributed by atoms with van der Waals surface area (Å²) in [4.78, 5) is 15.2. The van der Waals surface area contributed by atoms with Crippen molar-refractivity contribution in [2.75, 3.05) is 11.9 Å². The van der Waals surface area contributed by atoms with Crippen molar-refractivity contribution < 1.29 is 13.2 Å². The van der Waals surface area contributed by atoms with Gasteiger partial charge in [0.25, 0.3) is 5.56 Å². The van der Waals surface area contributed by atoms with Gasteiger partial charge in [0, 0.05) is 32.4 Å². The zero-order valence-corrected chi connectivity index (χ0v) is 12.6. The molecule has 0 saturated carbocycles. The van der Waals surface area contributed by atoms with Crippen LogP contribution in [0.4, 0.5) is 18.9 Å². The van der Waals surface area contributed by atoms with Gasteiger partial charge in [0.1, 0.15) is 11.5 Å². The smallest absolute Gasteiger partial charge is 0.383 e. The quantitative estimate of drug-likeness (QED) is 0.780. The Balaban J connectivity index is 1.67. The van der Waals surface area contributed by atoms with Crippen LogP contribution >= 0.6 is 0 Å². The van der Waals surface area contributed by atoms with Crippen molar-refractivity contribution in [3.05, 3.63) is 52.6 Å². The number of nitrogens with zero attached hydrogens (tertiary/aromatic N) is 5. The van der Waals surface area contributed by atoms with Gasteiger partial charge in [-0.1, -0.05) is 0 Å². The van der Waals surface area contributed by atoms with E-state index < -0.39 is 11.9 Å². The summed E-state index contributed by atoms with van der Waals surface area (Å²) in [5, 5.41) is 10.8. The number of hydrogen-bond donors (Lipinski definition) is 1. The lowest BCUT2D eigenvalue weighted by Crippen LogP contribution is -2.19. The lowest BCUT2D eigenvalue weighted by atomic mass is 10.3. The number of hydrogen-bond acceptors (Lipinski definition) is 5. The van der Waals surface area contributed by atoms with Crippen molar-refractivity contribution in [3.8, 4) is 0 Å². The van der Waals surface area contributed by atoms with Crippen molar-refractivity contribution in [3.63, 3.8) is 0 Å². The highest BCUT2D eigenvalue weighted by molar-refractivity contribution is 5.41. The van der Waals surface area contributed by atoms with E-state index in [0.717, 1.165) is 12.3 Å². The van der Waals surface area contributed by atoms with Gasteiger partial charge in [0.2, 0.25) is 5.65 Å². The molecular formula is C14H13F3N6O. The Kier molecular flexibility index (Phi) is 3.96. The minimum Gasteiger partial charge on any atom is -0.383 e. The van der Waals surface area contributed by atoms with Crippen LogP contribution in [-0.2, 0) is 19.6 Å². The minimum atomic E-state index is -4.45. The molecule has 0 aliphatic heterocycles. The van der Waals surface area contributed by atoms with Crippen LogP contribution in [0, 0.1) is 0 Å². The fourth-order valence-corrected chi connectivity index (χ4v) is 2.17. The van der Waals surface area contributed by atoms with Gasteiger partial charge in [-0.15, -0.1) is 10.2 Å². The largest absolute Gasteiger partial charge is 0.433 e. The second kappa shape index (κ2) is 5.95. The summed E-state index contributed by atoms with van der Waals surface area (Å²) in [7, 11) is 1.62. The summed E-state index contributed by atoms with van der Waals surface area (Å²) in [6.07, 6.45) is 0.405. The predicted octanol–water partition coefficient (Wildman–Crippen LogP) is 1.50. The van der Waals surface area contributed by atoms with E-state index in [2.05, 4.69) is 20.5 Å². The molecule has 0 unspecified atom stereocenters. The zero-order valence-electron chi connectivity index (χ0n) is 12.6. The first kappa shape index (κ1) is 16.0. The summed E-state index contributed by atoms with van der Waals surface area (Å²) >= 11 is 0. The van der Waals surface area contributed by atoms with Gasteiger partial charge < -0.3 is 9.88 Å². The monoisotopic (exact) mass is 338 g/mol. The molecule has 0 amide bonds. The number of aryl methyl sites for hydroxylation is 1. The molecule has 1 N–H and O–H groups in total. The fraction of sp³-hybridized carbons (Fsp3) is 0.286. The highest BCUT2D eigenvalue weighted by Crippen LogP contribution is 2.27. The standard InChI is InChI=1S/C14H13F3N6O/c1-22-6-7-23-11(20-21-12(23)13(22)24)4-5-18-9-2-3-10(19-8-9)14(15,16)17/h2-3,6-8,18H,4-5H2,1H3. The maximum absolute atomic E-state index is 12.4. The highest BCUT2D eigenvalue weighted by atomic mass is 19.4. The first-order valence-electron chi connectivity index (χ1n) is 7.02. The number of anilines is 1. The molecule has 10 heteroatoms. The molecule has 0 fully saturated rings. The third-order valence-electron chi connectivity index (χ3n) is 3.45. The van der Waals surface area contributed by atoms with Crippen molar-refractivity contribution in [1.82, 2.24) is 24.1 Å². The minimum absolute atomic E-state index is 0.228. The van der Waals surface area contributed by atoms with Crippen molar-refractivity contribution in [2.45, 2.75) is 12.6 Å². The van der Waals surface area contributed by atoms with E-state index in [1.165, 1.54) is 10.6 Å². The molecule has 7 nitrogen and oxygen atoms in total. The molecule has 0 saturated heterocycles. The molecule has 3 aromatic rings. The van der Waals surface area contributed by atoms with Gasteiger partial charge in [0.15, 0.2) is 0 Å². The number of nitrogens with one attached hydrogen (secondary N) is 1. The van der Waals surface area contributed by atoms with Crippen LogP contribution in [0.2, 0.25) is 0 Å². The van der Waals surface area contributed by atoms with Crippen LogP contribution in [0.5, 0.6) is 0 Å². The highest BCUT2D eigenvalue weighted by Gasteiger charge is 2.31. The van der Waals surface area contributed by atoms with Crippen LogP contribution in [0.1, 0.15) is 11.5 Å². The van der Waals surface area contributed by atoms with Gasteiger partial charge in [-0.3, -0.25) is 9.20 Å². The van der Waals surface area contributed by atoms with Gasteiger partial charge in [-0.25, -0.2) is 4.98 Å². The van der Waals surface area contributed by atoms with Gasteiger partial charge >= 0.3 is 6.18 Å². The van der Waals surface area contributed by atoms with Gasteiger partial charge in [-0.2, -0.15) is 13.2 Å². The number of fused-ring (bicyclic) bond motifs is 1. The number of pyridine rings is 1. The third-order valence-corrected chi connectivity index (χ3v) is 3.45. The molecule has 3 heterocycles. The fourth-order valence-electron chi connectivity index (χ4n) is 2.17. The summed E-state index contributed by atoms with van der Waals surface area (Å²) in [6, 6.07) is 2.23. The van der Waals surface area contributed by atoms with Crippen LogP contribution in [0.3, 0.4) is 0 Å². The van der Waals surface area contributed by atoms with E-state index in [4.69, 9.17) is 0 Å². The molecule has 3 aromatic heterocycles. The summed E-state index contributed by atoms with van der Waals surface area (Å²) in [5.41, 5.74) is -0.498. The van der Waals surface area contributed by atoms with E-state index in [9.17, 15) is 18.0 Å². The van der Waals surface area contributed by atoms with Crippen molar-refractivity contribution >= 4 is 11.3 Å². The third kappa shape index (κ3) is 3.07. The maximum atomic E-state index is 12.4. The molecular weight excluding hydrogens is 325 g/mol. The van der Waals surface area contributed by atoms with E-state index >= 15 is 0 Å². The Morgan fingerprint density at radius 3 is 2.67 bits per heavy atom. The van der Waals surface area contributed by atoms with E-state index in [0.29, 0.717) is 24.5 Å². The number of alkyl halides is 3. The Morgan fingerprint density at radius 1 is 1.21 bits per heavy atom. The Hall–Kier alpha value is -2.91. The number of rotatable bonds is 4. The van der Waals surface area contributed by atoms with Gasteiger partial charge in [-0.05, 0) is 12.1 Å². The Bertz CT molecular complexity index is 913. The maximum Gasteiger partial charge on any atom is 0.433 e. The molecule has 0 bridgehead atoms. The summed E-state index contributed by atoms with van der Waals surface area (Å²) in [5.74, 6) is 0.579.